The summed E-state index contributed by atoms with van der Waals surface area (Å²) < 4.78 is 30.7. The molecule has 5 nitrogen and oxygen atoms in total. The molecule has 6 heteroatoms. The van der Waals surface area contributed by atoms with Crippen LogP contribution in [0, 0.1) is 0 Å². The van der Waals surface area contributed by atoms with Crippen LogP contribution in [-0.4, -0.2) is 23.8 Å². The van der Waals surface area contributed by atoms with Gasteiger partial charge in [0.2, 0.25) is 0 Å². The summed E-state index contributed by atoms with van der Waals surface area (Å²) in [7, 11) is -4.31. The van der Waals surface area contributed by atoms with Crippen LogP contribution in [0.1, 0.15) is 33.1 Å². The first-order valence-electron chi connectivity index (χ1n) is 3.75. The Morgan fingerprint density at radius 2 is 2.00 bits per heavy atom. The summed E-state index contributed by atoms with van der Waals surface area (Å²) in [6.45, 7) is 3.22. The van der Waals surface area contributed by atoms with E-state index >= 15 is 0 Å². The van der Waals surface area contributed by atoms with E-state index < -0.39 is 16.0 Å². The van der Waals surface area contributed by atoms with Gasteiger partial charge in [-0.3, -0.25) is 4.55 Å². The highest BCUT2D eigenvalue weighted by Gasteiger charge is 2.24. The van der Waals surface area contributed by atoms with Crippen molar-refractivity contribution in [3.8, 4) is 0 Å². The van der Waals surface area contributed by atoms with Crippen LogP contribution in [0.2, 0.25) is 0 Å². The lowest BCUT2D eigenvalue weighted by Gasteiger charge is -2.22. The van der Waals surface area contributed by atoms with Crippen LogP contribution in [0.4, 0.5) is 0 Å². The molecule has 12 heavy (non-hydrogen) atoms. The number of hydrogen-bond donors (Lipinski definition) is 3. The van der Waals surface area contributed by atoms with Crippen molar-refractivity contribution in [2.24, 2.45) is 0 Å². The maximum absolute atomic E-state index is 10.3. The average molecular weight is 197 g/mol. The predicted octanol–water partition coefficient (Wildman–Crippen LogP) is 0.278. The maximum atomic E-state index is 10.3. The molecule has 0 fully saturated rings. The maximum Gasteiger partial charge on any atom is 0.335 e. The predicted molar refractivity (Wildman–Crippen MR) is 44.8 cm³/mol. The summed E-state index contributed by atoms with van der Waals surface area (Å²) in [4.78, 5) is 0. The highest BCUT2D eigenvalue weighted by molar-refractivity contribution is 7.83. The molecule has 3 N–H and O–H groups in total. The molecule has 0 amide bonds. The fourth-order valence-corrected chi connectivity index (χ4v) is 1.51. The Morgan fingerprint density at radius 3 is 2.33 bits per heavy atom. The van der Waals surface area contributed by atoms with Gasteiger partial charge in [0, 0.05) is 0 Å². The standard InChI is InChI=1S/C6H15NO4S/c1-3-4-5-6(2,8)7-12(9,10)11/h7-8H,3-5H2,1-2H3,(H,9,10,11). The molecule has 0 aromatic heterocycles. The summed E-state index contributed by atoms with van der Waals surface area (Å²) in [6, 6.07) is 0. The highest BCUT2D eigenvalue weighted by atomic mass is 32.2. The number of unbranched alkanes of at least 4 members (excludes halogenated alkanes) is 1. The summed E-state index contributed by atoms with van der Waals surface area (Å²) in [5.74, 6) is 0. The minimum Gasteiger partial charge on any atom is -0.375 e. The molecule has 0 aliphatic carbocycles. The van der Waals surface area contributed by atoms with Crippen LogP contribution in [0.15, 0.2) is 0 Å². The summed E-state index contributed by atoms with van der Waals surface area (Å²) >= 11 is 0. The molecule has 0 saturated heterocycles. The van der Waals surface area contributed by atoms with Gasteiger partial charge in [0.25, 0.3) is 0 Å². The van der Waals surface area contributed by atoms with Crippen LogP contribution in [0.25, 0.3) is 0 Å². The minimum atomic E-state index is -4.31. The molecule has 0 aliphatic heterocycles. The Kier molecular flexibility index (Phi) is 4.12. The number of rotatable bonds is 5. The van der Waals surface area contributed by atoms with Gasteiger partial charge < -0.3 is 5.11 Å². The van der Waals surface area contributed by atoms with Gasteiger partial charge in [-0.2, -0.15) is 13.1 Å². The number of nitrogens with one attached hydrogen (secondary N) is 1. The van der Waals surface area contributed by atoms with Gasteiger partial charge in [-0.05, 0) is 19.8 Å². The number of hydrogen-bond acceptors (Lipinski definition) is 3. The molecule has 0 aromatic carbocycles. The minimum absolute atomic E-state index is 0.281. The normalized spacial score (nSPS) is 17.3. The first-order chi connectivity index (χ1) is 5.27. The summed E-state index contributed by atoms with van der Waals surface area (Å²) in [5.41, 5.74) is -1.55. The van der Waals surface area contributed by atoms with Crippen molar-refractivity contribution in [2.75, 3.05) is 0 Å². The summed E-state index contributed by atoms with van der Waals surface area (Å²) in [5, 5.41) is 9.33. The molecule has 0 radical (unpaired) electrons. The van der Waals surface area contributed by atoms with Gasteiger partial charge in [-0.15, -0.1) is 0 Å². The Bertz CT molecular complexity index is 222. The largest absolute Gasteiger partial charge is 0.375 e. The van der Waals surface area contributed by atoms with E-state index in [4.69, 9.17) is 4.55 Å². The van der Waals surface area contributed by atoms with E-state index in [0.717, 1.165) is 6.42 Å². The van der Waals surface area contributed by atoms with Gasteiger partial charge in [-0.1, -0.05) is 13.3 Å². The van der Waals surface area contributed by atoms with Gasteiger partial charge in [0.1, 0.15) is 5.72 Å². The molecule has 0 rings (SSSR count). The van der Waals surface area contributed by atoms with Crippen molar-refractivity contribution in [3.63, 3.8) is 0 Å². The Morgan fingerprint density at radius 1 is 1.50 bits per heavy atom. The number of aliphatic hydroxyl groups is 1. The van der Waals surface area contributed by atoms with E-state index in [2.05, 4.69) is 0 Å². The smallest absolute Gasteiger partial charge is 0.335 e. The molecule has 0 bridgehead atoms. The zero-order valence-corrected chi connectivity index (χ0v) is 8.06. The molecular formula is C6H15NO4S. The third kappa shape index (κ3) is 6.53. The third-order valence-corrected chi connectivity index (χ3v) is 2.06. The van der Waals surface area contributed by atoms with Crippen molar-refractivity contribution >= 4 is 10.3 Å². The average Bonchev–Trinajstić information content (AvgIpc) is 1.78. The van der Waals surface area contributed by atoms with E-state index in [1.165, 1.54) is 6.92 Å². The van der Waals surface area contributed by atoms with Crippen molar-refractivity contribution in [2.45, 2.75) is 38.8 Å². The van der Waals surface area contributed by atoms with Crippen molar-refractivity contribution in [1.29, 1.82) is 0 Å². The fraction of sp³-hybridized carbons (Fsp3) is 1.00. The zero-order valence-electron chi connectivity index (χ0n) is 7.24. The molecule has 0 spiro atoms. The molecule has 74 valence electrons. The Hall–Kier alpha value is -0.170. The monoisotopic (exact) mass is 197 g/mol. The first kappa shape index (κ1) is 11.8. The van der Waals surface area contributed by atoms with E-state index in [9.17, 15) is 13.5 Å². The van der Waals surface area contributed by atoms with Gasteiger partial charge in [0.05, 0.1) is 0 Å². The SMILES string of the molecule is CCCCC(C)(O)NS(=O)(=O)O. The Labute approximate surface area is 72.7 Å². The molecule has 0 saturated carbocycles. The molecular weight excluding hydrogens is 182 g/mol. The lowest BCUT2D eigenvalue weighted by atomic mass is 10.1. The fourth-order valence-electron chi connectivity index (χ4n) is 0.850. The third-order valence-electron chi connectivity index (χ3n) is 1.37. The highest BCUT2D eigenvalue weighted by Crippen LogP contribution is 2.10. The Balaban J connectivity index is 4.04. The van der Waals surface area contributed by atoms with Gasteiger partial charge in [0.15, 0.2) is 0 Å². The van der Waals surface area contributed by atoms with Crippen LogP contribution >= 0.6 is 0 Å². The molecule has 0 aliphatic rings. The molecule has 0 aromatic rings. The van der Waals surface area contributed by atoms with Gasteiger partial charge in [-0.25, -0.2) is 0 Å². The quantitative estimate of drug-likeness (QED) is 0.436. The first-order valence-corrected chi connectivity index (χ1v) is 5.19. The summed E-state index contributed by atoms with van der Waals surface area (Å²) in [6.07, 6.45) is 1.82. The van der Waals surface area contributed by atoms with E-state index in [1.807, 2.05) is 6.92 Å². The van der Waals surface area contributed by atoms with E-state index in [1.54, 1.807) is 4.72 Å². The van der Waals surface area contributed by atoms with Crippen molar-refractivity contribution in [3.05, 3.63) is 0 Å². The molecule has 0 heterocycles. The topological polar surface area (TPSA) is 86.6 Å². The molecule has 1 unspecified atom stereocenters. The second-order valence-electron chi connectivity index (χ2n) is 2.95. The lowest BCUT2D eigenvalue weighted by molar-refractivity contribution is 0.0350. The van der Waals surface area contributed by atoms with Crippen LogP contribution < -0.4 is 4.72 Å². The van der Waals surface area contributed by atoms with Crippen LogP contribution in [-0.2, 0) is 10.3 Å². The van der Waals surface area contributed by atoms with Gasteiger partial charge >= 0.3 is 10.3 Å². The molecule has 1 atom stereocenters. The second-order valence-corrected chi connectivity index (χ2v) is 4.11. The lowest BCUT2D eigenvalue weighted by Crippen LogP contribution is -2.45. The van der Waals surface area contributed by atoms with E-state index in [-0.39, 0.29) is 6.42 Å². The van der Waals surface area contributed by atoms with Crippen molar-refractivity contribution < 1.29 is 18.1 Å². The van der Waals surface area contributed by atoms with Crippen LogP contribution in [0.5, 0.6) is 0 Å². The zero-order chi connectivity index (χ0) is 9.83. The van der Waals surface area contributed by atoms with Crippen LogP contribution in [0.3, 0.4) is 0 Å². The van der Waals surface area contributed by atoms with E-state index in [0.29, 0.717) is 6.42 Å². The second kappa shape index (κ2) is 4.18. The van der Waals surface area contributed by atoms with Crippen molar-refractivity contribution in [1.82, 2.24) is 4.72 Å².